The van der Waals surface area contributed by atoms with Crippen molar-refractivity contribution in [2.75, 3.05) is 5.75 Å². The van der Waals surface area contributed by atoms with Crippen molar-refractivity contribution in [1.29, 1.82) is 0 Å². The number of fused-ring (bicyclic) bond motifs is 1. The second-order valence-corrected chi connectivity index (χ2v) is 7.22. The predicted octanol–water partition coefficient (Wildman–Crippen LogP) is 4.78. The molecule has 0 aromatic heterocycles. The maximum Gasteiger partial charge on any atom is 0.0341 e. The molecule has 0 saturated heterocycles. The van der Waals surface area contributed by atoms with Gasteiger partial charge < -0.3 is 5.32 Å². The molecule has 0 bridgehead atoms. The van der Waals surface area contributed by atoms with E-state index in [0.717, 1.165) is 5.92 Å². The average molecular weight is 275 g/mol. The molecule has 104 valence electrons. The molecule has 19 heavy (non-hydrogen) atoms. The van der Waals surface area contributed by atoms with E-state index < -0.39 is 0 Å². The Labute approximate surface area is 121 Å². The van der Waals surface area contributed by atoms with Gasteiger partial charge in [-0.15, -0.1) is 11.8 Å². The standard InChI is InChI=1S/C17H25NS/c1-13(14-7-3-2-4-8-14)18-16-11-12-19-17-10-6-5-9-15(16)17/h5-6,9-10,13-14,16,18H,2-4,7-8,11-12H2,1H3/t13-,16?/m0/s1. The number of nitrogens with one attached hydrogen (secondary N) is 1. The van der Waals surface area contributed by atoms with Crippen molar-refractivity contribution in [2.24, 2.45) is 5.92 Å². The Bertz CT molecular complexity index is 411. The van der Waals surface area contributed by atoms with E-state index in [9.17, 15) is 0 Å². The highest BCUT2D eigenvalue weighted by Gasteiger charge is 2.25. The van der Waals surface area contributed by atoms with E-state index in [0.29, 0.717) is 12.1 Å². The van der Waals surface area contributed by atoms with Crippen molar-refractivity contribution in [3.8, 4) is 0 Å². The molecule has 2 atom stereocenters. The molecule has 0 radical (unpaired) electrons. The zero-order chi connectivity index (χ0) is 13.1. The van der Waals surface area contributed by atoms with Crippen LogP contribution in [0.3, 0.4) is 0 Å². The van der Waals surface area contributed by atoms with Crippen molar-refractivity contribution >= 4 is 11.8 Å². The number of hydrogen-bond donors (Lipinski definition) is 1. The van der Waals surface area contributed by atoms with Gasteiger partial charge in [0.15, 0.2) is 0 Å². The molecule has 1 aromatic carbocycles. The highest BCUT2D eigenvalue weighted by molar-refractivity contribution is 7.99. The van der Waals surface area contributed by atoms with Crippen LogP contribution >= 0.6 is 11.8 Å². The van der Waals surface area contributed by atoms with Gasteiger partial charge >= 0.3 is 0 Å². The molecular weight excluding hydrogens is 250 g/mol. The van der Waals surface area contributed by atoms with E-state index >= 15 is 0 Å². The van der Waals surface area contributed by atoms with Crippen LogP contribution in [0.2, 0.25) is 0 Å². The Morgan fingerprint density at radius 3 is 2.74 bits per heavy atom. The lowest BCUT2D eigenvalue weighted by molar-refractivity contribution is 0.261. The van der Waals surface area contributed by atoms with Crippen LogP contribution in [0, 0.1) is 5.92 Å². The summed E-state index contributed by atoms with van der Waals surface area (Å²) in [7, 11) is 0. The molecule has 1 N–H and O–H groups in total. The van der Waals surface area contributed by atoms with Crippen molar-refractivity contribution in [3.05, 3.63) is 29.8 Å². The van der Waals surface area contributed by atoms with Crippen molar-refractivity contribution < 1.29 is 0 Å². The molecule has 0 spiro atoms. The lowest BCUT2D eigenvalue weighted by atomic mass is 9.84. The van der Waals surface area contributed by atoms with E-state index in [2.05, 4.69) is 36.5 Å². The Hall–Kier alpha value is -0.470. The van der Waals surface area contributed by atoms with Crippen LogP contribution in [0.15, 0.2) is 29.2 Å². The largest absolute Gasteiger partial charge is 0.307 e. The smallest absolute Gasteiger partial charge is 0.0341 e. The van der Waals surface area contributed by atoms with E-state index in [-0.39, 0.29) is 0 Å². The lowest BCUT2D eigenvalue weighted by Crippen LogP contribution is -2.38. The van der Waals surface area contributed by atoms with Crippen molar-refractivity contribution in [3.63, 3.8) is 0 Å². The zero-order valence-electron chi connectivity index (χ0n) is 11.9. The van der Waals surface area contributed by atoms with Gasteiger partial charge in [-0.3, -0.25) is 0 Å². The number of rotatable bonds is 3. The topological polar surface area (TPSA) is 12.0 Å². The first-order valence-electron chi connectivity index (χ1n) is 7.82. The van der Waals surface area contributed by atoms with Gasteiger partial charge in [-0.1, -0.05) is 37.5 Å². The number of benzene rings is 1. The summed E-state index contributed by atoms with van der Waals surface area (Å²) >= 11 is 2.02. The number of hydrogen-bond acceptors (Lipinski definition) is 2. The highest BCUT2D eigenvalue weighted by atomic mass is 32.2. The zero-order valence-corrected chi connectivity index (χ0v) is 12.7. The van der Waals surface area contributed by atoms with Crippen molar-refractivity contribution in [1.82, 2.24) is 5.32 Å². The summed E-state index contributed by atoms with van der Waals surface area (Å²) in [6, 6.07) is 10.2. The fraction of sp³-hybridized carbons (Fsp3) is 0.647. The molecule has 1 heterocycles. The van der Waals surface area contributed by atoms with Crippen LogP contribution in [-0.4, -0.2) is 11.8 Å². The van der Waals surface area contributed by atoms with E-state index in [4.69, 9.17) is 0 Å². The maximum absolute atomic E-state index is 3.93. The highest BCUT2D eigenvalue weighted by Crippen LogP contribution is 2.37. The first-order valence-corrected chi connectivity index (χ1v) is 8.81. The molecule has 1 fully saturated rings. The van der Waals surface area contributed by atoms with Gasteiger partial charge in [0.1, 0.15) is 0 Å². The molecule has 1 aromatic rings. The summed E-state index contributed by atoms with van der Waals surface area (Å²) in [5.41, 5.74) is 1.53. The van der Waals surface area contributed by atoms with Crippen LogP contribution in [0.1, 0.15) is 57.1 Å². The molecule has 3 rings (SSSR count). The van der Waals surface area contributed by atoms with Crippen LogP contribution in [0.5, 0.6) is 0 Å². The Morgan fingerprint density at radius 2 is 1.89 bits per heavy atom. The molecule has 1 saturated carbocycles. The van der Waals surface area contributed by atoms with Gasteiger partial charge in [0.25, 0.3) is 0 Å². The van der Waals surface area contributed by atoms with Crippen LogP contribution in [0.4, 0.5) is 0 Å². The third-order valence-electron chi connectivity index (χ3n) is 4.78. The SMILES string of the molecule is C[C@H](NC1CCSc2ccccc21)C1CCCCC1. The third kappa shape index (κ3) is 3.17. The van der Waals surface area contributed by atoms with Gasteiger partial charge in [0, 0.05) is 17.0 Å². The molecule has 1 aliphatic heterocycles. The van der Waals surface area contributed by atoms with E-state index in [1.165, 1.54) is 54.7 Å². The first-order chi connectivity index (χ1) is 9.34. The fourth-order valence-electron chi connectivity index (χ4n) is 3.60. The molecular formula is C17H25NS. The minimum Gasteiger partial charge on any atom is -0.307 e. The average Bonchev–Trinajstić information content (AvgIpc) is 2.48. The Balaban J connectivity index is 1.66. The minimum atomic E-state index is 0.578. The summed E-state index contributed by atoms with van der Waals surface area (Å²) in [6.45, 7) is 2.40. The van der Waals surface area contributed by atoms with Crippen LogP contribution in [0.25, 0.3) is 0 Å². The summed E-state index contributed by atoms with van der Waals surface area (Å²) in [5, 5.41) is 3.93. The summed E-state index contributed by atoms with van der Waals surface area (Å²) in [5.74, 6) is 2.15. The molecule has 2 aliphatic rings. The predicted molar refractivity (Wildman–Crippen MR) is 83.7 cm³/mol. The quantitative estimate of drug-likeness (QED) is 0.852. The maximum atomic E-state index is 3.93. The first kappa shape index (κ1) is 13.5. The van der Waals surface area contributed by atoms with Crippen molar-refractivity contribution in [2.45, 2.75) is 62.4 Å². The van der Waals surface area contributed by atoms with Gasteiger partial charge in [-0.05, 0) is 49.5 Å². The Kier molecular flexibility index (Phi) is 4.49. The van der Waals surface area contributed by atoms with Gasteiger partial charge in [-0.25, -0.2) is 0 Å². The molecule has 0 amide bonds. The van der Waals surface area contributed by atoms with Gasteiger partial charge in [0.2, 0.25) is 0 Å². The number of thioether (sulfide) groups is 1. The Morgan fingerprint density at radius 1 is 1.11 bits per heavy atom. The van der Waals surface area contributed by atoms with Crippen LogP contribution < -0.4 is 5.32 Å². The molecule has 2 heteroatoms. The third-order valence-corrected chi connectivity index (χ3v) is 5.90. The summed E-state index contributed by atoms with van der Waals surface area (Å²) in [4.78, 5) is 1.49. The van der Waals surface area contributed by atoms with Gasteiger partial charge in [0.05, 0.1) is 0 Å². The molecule has 1 unspecified atom stereocenters. The fourth-order valence-corrected chi connectivity index (χ4v) is 4.73. The lowest BCUT2D eigenvalue weighted by Gasteiger charge is -2.34. The van der Waals surface area contributed by atoms with Gasteiger partial charge in [-0.2, -0.15) is 0 Å². The second kappa shape index (κ2) is 6.32. The minimum absolute atomic E-state index is 0.578. The summed E-state index contributed by atoms with van der Waals surface area (Å²) in [6.07, 6.45) is 8.46. The van der Waals surface area contributed by atoms with E-state index in [1.54, 1.807) is 0 Å². The second-order valence-electron chi connectivity index (χ2n) is 6.08. The molecule has 1 aliphatic carbocycles. The molecule has 1 nitrogen and oxygen atoms in total. The monoisotopic (exact) mass is 275 g/mol. The normalized spacial score (nSPS) is 25.8. The van der Waals surface area contributed by atoms with E-state index in [1.807, 2.05) is 11.8 Å². The van der Waals surface area contributed by atoms with Crippen LogP contribution in [-0.2, 0) is 0 Å². The summed E-state index contributed by atoms with van der Waals surface area (Å²) < 4.78 is 0.